The molecule has 1 unspecified atom stereocenters. The van der Waals surface area contributed by atoms with Crippen molar-refractivity contribution in [3.05, 3.63) is 95.1 Å². The number of anilines is 1. The minimum Gasteiger partial charge on any atom is -0.495 e. The smallest absolute Gasteiger partial charge is 0.244 e. The molecule has 0 aliphatic carbocycles. The lowest BCUT2D eigenvalue weighted by atomic mass is 10.0. The van der Waals surface area contributed by atoms with Crippen molar-refractivity contribution in [1.29, 1.82) is 0 Å². The molecule has 0 saturated carbocycles. The van der Waals surface area contributed by atoms with E-state index >= 15 is 0 Å². The minimum absolute atomic E-state index is 0.135. The summed E-state index contributed by atoms with van der Waals surface area (Å²) in [6, 6.07) is 21.4. The molecule has 1 N–H and O–H groups in total. The molecule has 3 rings (SSSR count). The van der Waals surface area contributed by atoms with Gasteiger partial charge in [0.05, 0.1) is 19.1 Å². The van der Waals surface area contributed by atoms with Gasteiger partial charge in [-0.15, -0.1) is 0 Å². The zero-order valence-electron chi connectivity index (χ0n) is 23.2. The van der Waals surface area contributed by atoms with Gasteiger partial charge in [-0.3, -0.25) is 13.9 Å². The van der Waals surface area contributed by atoms with Crippen LogP contribution in [0.3, 0.4) is 0 Å². The van der Waals surface area contributed by atoms with Gasteiger partial charge in [0.25, 0.3) is 0 Å². The number of ether oxygens (including phenoxy) is 1. The first-order valence-electron chi connectivity index (χ1n) is 12.8. The first-order valence-corrected chi connectivity index (χ1v) is 14.7. The summed E-state index contributed by atoms with van der Waals surface area (Å²) in [5.74, 6) is -0.480. The summed E-state index contributed by atoms with van der Waals surface area (Å²) >= 11 is 0. The molecule has 39 heavy (non-hydrogen) atoms. The van der Waals surface area contributed by atoms with Gasteiger partial charge in [-0.1, -0.05) is 66.2 Å². The lowest BCUT2D eigenvalue weighted by Crippen LogP contribution is -2.53. The Morgan fingerprint density at radius 2 is 1.56 bits per heavy atom. The average Bonchev–Trinajstić information content (AvgIpc) is 2.90. The fraction of sp³-hybridized carbons (Fsp3) is 0.333. The van der Waals surface area contributed by atoms with Crippen LogP contribution in [0.1, 0.15) is 29.2 Å². The monoisotopic (exact) mass is 551 g/mol. The molecule has 8 nitrogen and oxygen atoms in total. The molecular weight excluding hydrogens is 514 g/mol. The third kappa shape index (κ3) is 8.07. The Balaban J connectivity index is 2.07. The van der Waals surface area contributed by atoms with Gasteiger partial charge < -0.3 is 15.0 Å². The van der Waals surface area contributed by atoms with Gasteiger partial charge in [0.1, 0.15) is 18.3 Å². The Bertz CT molecular complexity index is 1380. The number of nitrogens with one attached hydrogen (secondary N) is 1. The number of methoxy groups -OCH3 is 1. The molecule has 3 aromatic carbocycles. The van der Waals surface area contributed by atoms with Crippen LogP contribution in [0, 0.1) is 13.8 Å². The maximum absolute atomic E-state index is 14.1. The van der Waals surface area contributed by atoms with Crippen LogP contribution >= 0.6 is 0 Å². The second-order valence-corrected chi connectivity index (χ2v) is 11.5. The van der Waals surface area contributed by atoms with Crippen molar-refractivity contribution in [1.82, 2.24) is 10.2 Å². The summed E-state index contributed by atoms with van der Waals surface area (Å²) in [5, 5.41) is 2.85. The topological polar surface area (TPSA) is 96.0 Å². The van der Waals surface area contributed by atoms with E-state index in [-0.39, 0.29) is 24.6 Å². The number of likely N-dealkylation sites (N-methyl/N-ethyl adjacent to an activating group) is 1. The Morgan fingerprint density at radius 1 is 0.923 bits per heavy atom. The number of benzene rings is 3. The quantitative estimate of drug-likeness (QED) is 0.369. The summed E-state index contributed by atoms with van der Waals surface area (Å²) in [6.07, 6.45) is 1.33. The van der Waals surface area contributed by atoms with E-state index in [0.717, 1.165) is 32.8 Å². The molecule has 0 spiro atoms. The number of sulfonamides is 1. The van der Waals surface area contributed by atoms with Gasteiger partial charge in [0, 0.05) is 19.5 Å². The van der Waals surface area contributed by atoms with Crippen LogP contribution in [0.25, 0.3) is 0 Å². The fourth-order valence-electron chi connectivity index (χ4n) is 4.33. The first-order chi connectivity index (χ1) is 18.5. The molecule has 0 bridgehead atoms. The second kappa shape index (κ2) is 13.3. The lowest BCUT2D eigenvalue weighted by molar-refractivity contribution is -0.140. The molecule has 2 amide bonds. The predicted octanol–water partition coefficient (Wildman–Crippen LogP) is 3.85. The Morgan fingerprint density at radius 3 is 2.15 bits per heavy atom. The molecule has 208 valence electrons. The number of carbonyl (C=O) groups excluding carboxylic acids is 2. The maximum Gasteiger partial charge on any atom is 0.244 e. The highest BCUT2D eigenvalue weighted by Crippen LogP contribution is 2.31. The van der Waals surface area contributed by atoms with Crippen LogP contribution in [-0.4, -0.2) is 57.6 Å². The van der Waals surface area contributed by atoms with Crippen LogP contribution in [0.15, 0.2) is 72.8 Å². The van der Waals surface area contributed by atoms with Gasteiger partial charge >= 0.3 is 0 Å². The number of amides is 2. The highest BCUT2D eigenvalue weighted by molar-refractivity contribution is 7.92. The molecule has 0 aromatic heterocycles. The molecule has 0 heterocycles. The number of rotatable bonds is 12. The number of aryl methyl sites for hydroxylation is 2. The molecule has 0 radical (unpaired) electrons. The largest absolute Gasteiger partial charge is 0.495 e. The summed E-state index contributed by atoms with van der Waals surface area (Å²) in [5.41, 5.74) is 3.86. The number of hydrogen-bond donors (Lipinski definition) is 1. The summed E-state index contributed by atoms with van der Waals surface area (Å²) in [7, 11) is -2.43. The van der Waals surface area contributed by atoms with E-state index in [1.165, 1.54) is 12.0 Å². The third-order valence-corrected chi connectivity index (χ3v) is 7.50. The van der Waals surface area contributed by atoms with Crippen molar-refractivity contribution in [2.75, 3.05) is 30.8 Å². The van der Waals surface area contributed by atoms with E-state index in [0.29, 0.717) is 12.3 Å². The number of carbonyl (C=O) groups is 2. The van der Waals surface area contributed by atoms with Crippen molar-refractivity contribution in [3.63, 3.8) is 0 Å². The molecule has 0 saturated heterocycles. The summed E-state index contributed by atoms with van der Waals surface area (Å²) < 4.78 is 32.4. The Labute approximate surface area is 231 Å². The number of hydrogen-bond acceptors (Lipinski definition) is 5. The second-order valence-electron chi connectivity index (χ2n) is 9.55. The highest BCUT2D eigenvalue weighted by atomic mass is 32.2. The average molecular weight is 552 g/mol. The van der Waals surface area contributed by atoms with E-state index in [1.54, 1.807) is 18.2 Å². The molecule has 1 atom stereocenters. The lowest BCUT2D eigenvalue weighted by Gasteiger charge is -2.33. The van der Waals surface area contributed by atoms with Crippen molar-refractivity contribution in [2.45, 2.75) is 39.8 Å². The summed E-state index contributed by atoms with van der Waals surface area (Å²) in [6.45, 7) is 5.66. The molecule has 3 aromatic rings. The van der Waals surface area contributed by atoms with Gasteiger partial charge in [-0.25, -0.2) is 8.42 Å². The van der Waals surface area contributed by atoms with Gasteiger partial charge in [-0.05, 0) is 49.6 Å². The van der Waals surface area contributed by atoms with Crippen molar-refractivity contribution in [2.24, 2.45) is 0 Å². The van der Waals surface area contributed by atoms with Crippen molar-refractivity contribution >= 4 is 27.5 Å². The highest BCUT2D eigenvalue weighted by Gasteiger charge is 2.33. The first kappa shape index (κ1) is 29.7. The Hall–Kier alpha value is -3.85. The van der Waals surface area contributed by atoms with Crippen LogP contribution in [0.2, 0.25) is 0 Å². The van der Waals surface area contributed by atoms with E-state index < -0.39 is 28.5 Å². The van der Waals surface area contributed by atoms with Crippen LogP contribution in [0.5, 0.6) is 5.75 Å². The zero-order chi connectivity index (χ0) is 28.6. The van der Waals surface area contributed by atoms with Crippen LogP contribution in [0.4, 0.5) is 5.69 Å². The zero-order valence-corrected chi connectivity index (χ0v) is 24.0. The Kier molecular flexibility index (Phi) is 10.1. The predicted molar refractivity (Wildman–Crippen MR) is 154 cm³/mol. The molecule has 0 fully saturated rings. The number of nitrogens with zero attached hydrogens (tertiary/aromatic N) is 2. The van der Waals surface area contributed by atoms with Gasteiger partial charge in [0.2, 0.25) is 21.8 Å². The minimum atomic E-state index is -3.88. The van der Waals surface area contributed by atoms with Crippen LogP contribution < -0.4 is 14.4 Å². The summed E-state index contributed by atoms with van der Waals surface area (Å²) in [4.78, 5) is 28.9. The SMILES string of the molecule is CCNC(=O)C(Cc1ccccc1)N(Cc1ccc(C)cc1)C(=O)CN(c1cc(C)ccc1OC)S(C)(=O)=O. The van der Waals surface area contributed by atoms with E-state index in [2.05, 4.69) is 5.32 Å². The normalized spacial score (nSPS) is 11.9. The third-order valence-electron chi connectivity index (χ3n) is 6.38. The molecule has 0 aliphatic rings. The fourth-order valence-corrected chi connectivity index (χ4v) is 5.17. The van der Waals surface area contributed by atoms with Crippen molar-refractivity contribution in [3.8, 4) is 5.75 Å². The molecule has 0 aliphatic heterocycles. The van der Waals surface area contributed by atoms with E-state index in [4.69, 9.17) is 4.74 Å². The standard InChI is InChI=1S/C30H37N3O5S/c1-6-31-30(35)27(19-24-10-8-7-9-11-24)32(20-25-15-12-22(2)13-16-25)29(34)21-33(39(5,36)37)26-18-23(3)14-17-28(26)38-4/h7-18,27H,6,19-21H2,1-5H3,(H,31,35). The molecule has 9 heteroatoms. The van der Waals surface area contributed by atoms with E-state index in [1.807, 2.05) is 75.4 Å². The van der Waals surface area contributed by atoms with Crippen molar-refractivity contribution < 1.29 is 22.7 Å². The van der Waals surface area contributed by atoms with E-state index in [9.17, 15) is 18.0 Å². The maximum atomic E-state index is 14.1. The van der Waals surface area contributed by atoms with Gasteiger partial charge in [0.15, 0.2) is 0 Å². The van der Waals surface area contributed by atoms with Gasteiger partial charge in [-0.2, -0.15) is 0 Å². The van der Waals surface area contributed by atoms with Crippen LogP contribution in [-0.2, 0) is 32.6 Å². The molecular formula is C30H37N3O5S.